The van der Waals surface area contributed by atoms with Crippen molar-refractivity contribution in [1.82, 2.24) is 9.78 Å². The summed E-state index contributed by atoms with van der Waals surface area (Å²) in [5.74, 6) is -0.193. The summed E-state index contributed by atoms with van der Waals surface area (Å²) in [4.78, 5) is 24.0. The maximum absolute atomic E-state index is 13.3. The summed E-state index contributed by atoms with van der Waals surface area (Å²) >= 11 is 16.9. The molecular formula is C24H17Cl3FN3O5. The lowest BCUT2D eigenvalue weighted by atomic mass is 10.2. The molecule has 0 aliphatic rings. The van der Waals surface area contributed by atoms with Gasteiger partial charge in [-0.15, -0.1) is 0 Å². The van der Waals surface area contributed by atoms with E-state index in [1.807, 2.05) is 0 Å². The second-order valence-corrected chi connectivity index (χ2v) is 9.89. The van der Waals surface area contributed by atoms with Gasteiger partial charge in [0, 0.05) is 11.8 Å². The number of carbonyl (C=O) groups is 2. The number of amides is 1. The molecule has 0 unspecified atom stereocenters. The molecule has 0 fully saturated rings. The Morgan fingerprint density at radius 3 is 2.39 bits per heavy atom. The van der Waals surface area contributed by atoms with E-state index < -0.39 is 28.3 Å². The third-order valence-electron chi connectivity index (χ3n) is 4.84. The highest BCUT2D eigenvalue weighted by Gasteiger charge is 2.22. The molecule has 0 aliphatic heterocycles. The van der Waals surface area contributed by atoms with Crippen LogP contribution >= 0.6 is 34.8 Å². The molecule has 186 valence electrons. The zero-order valence-corrected chi connectivity index (χ0v) is 20.8. The van der Waals surface area contributed by atoms with Crippen LogP contribution in [0.15, 0.2) is 66.9 Å². The minimum absolute atomic E-state index is 0.293. The van der Waals surface area contributed by atoms with Crippen molar-refractivity contribution < 1.29 is 28.2 Å². The Bertz CT molecular complexity index is 1400. The van der Waals surface area contributed by atoms with Crippen LogP contribution in [0.25, 0.3) is 16.6 Å². The molecule has 3 aromatic carbocycles. The maximum Gasteiger partial charge on any atom is 0.411 e. The summed E-state index contributed by atoms with van der Waals surface area (Å²) in [7, 11) is 1.30. The lowest BCUT2D eigenvalue weighted by molar-refractivity contribution is 0.0600. The minimum atomic E-state index is -1.77. The van der Waals surface area contributed by atoms with Gasteiger partial charge in [-0.1, -0.05) is 34.8 Å². The van der Waals surface area contributed by atoms with Gasteiger partial charge in [0.2, 0.25) is 3.79 Å². The fourth-order valence-corrected chi connectivity index (χ4v) is 3.41. The molecule has 1 amide bonds. The molecule has 4 rings (SSSR count). The second kappa shape index (κ2) is 10.6. The number of halogens is 4. The predicted molar refractivity (Wildman–Crippen MR) is 134 cm³/mol. The molecule has 0 saturated carbocycles. The average molecular weight is 553 g/mol. The normalized spacial score (nSPS) is 11.2. The summed E-state index contributed by atoms with van der Waals surface area (Å²) in [6.45, 7) is -0.463. The Balaban J connectivity index is 1.73. The van der Waals surface area contributed by atoms with Gasteiger partial charge in [0.25, 0.3) is 0 Å². The van der Waals surface area contributed by atoms with Crippen molar-refractivity contribution >= 4 is 63.5 Å². The van der Waals surface area contributed by atoms with Crippen LogP contribution < -0.4 is 10.1 Å². The number of anilines is 1. The standard InChI is InChI=1S/C24H17Cl3FN3O5/c1-34-22(32)14-2-6-17(7-3-14)31-20-10-16(30-23(33)35-13-24(25,26)27)11-21(19(20)12-29-31)36-18-8-4-15(28)5-9-18/h2-12H,13H2,1H3,(H,30,33). The summed E-state index contributed by atoms with van der Waals surface area (Å²) in [5.41, 5.74) is 1.84. The first-order valence-electron chi connectivity index (χ1n) is 10.3. The number of alkyl halides is 3. The largest absolute Gasteiger partial charge is 0.465 e. The molecule has 0 spiro atoms. The lowest BCUT2D eigenvalue weighted by Crippen LogP contribution is -2.21. The number of aromatic nitrogens is 2. The van der Waals surface area contributed by atoms with Crippen molar-refractivity contribution in [3.63, 3.8) is 0 Å². The molecule has 8 nitrogen and oxygen atoms in total. The van der Waals surface area contributed by atoms with Gasteiger partial charge in [0.05, 0.1) is 35.5 Å². The molecule has 0 aliphatic carbocycles. The van der Waals surface area contributed by atoms with Crippen LogP contribution in [0.2, 0.25) is 0 Å². The first kappa shape index (κ1) is 25.6. The van der Waals surface area contributed by atoms with Crippen LogP contribution in [0.1, 0.15) is 10.4 Å². The van der Waals surface area contributed by atoms with Crippen LogP contribution in [0.5, 0.6) is 11.5 Å². The highest BCUT2D eigenvalue weighted by Crippen LogP contribution is 2.35. The summed E-state index contributed by atoms with van der Waals surface area (Å²) < 4.78 is 28.8. The fourth-order valence-electron chi connectivity index (χ4n) is 3.24. The van der Waals surface area contributed by atoms with Gasteiger partial charge in [0.15, 0.2) is 0 Å². The highest BCUT2D eigenvalue weighted by molar-refractivity contribution is 6.67. The maximum atomic E-state index is 13.3. The van der Waals surface area contributed by atoms with Crippen molar-refractivity contribution in [2.45, 2.75) is 3.79 Å². The smallest absolute Gasteiger partial charge is 0.411 e. The third kappa shape index (κ3) is 6.17. The van der Waals surface area contributed by atoms with Gasteiger partial charge in [-0.3, -0.25) is 5.32 Å². The number of benzene rings is 3. The summed E-state index contributed by atoms with van der Waals surface area (Å²) in [6.07, 6.45) is 0.717. The van der Waals surface area contributed by atoms with Crippen LogP contribution in [0, 0.1) is 5.82 Å². The van der Waals surface area contributed by atoms with E-state index in [1.54, 1.807) is 47.3 Å². The first-order chi connectivity index (χ1) is 17.1. The molecule has 1 aromatic heterocycles. The summed E-state index contributed by atoms with van der Waals surface area (Å²) in [6, 6.07) is 15.2. The number of ether oxygens (including phenoxy) is 3. The topological polar surface area (TPSA) is 91.7 Å². The van der Waals surface area contributed by atoms with Gasteiger partial charge < -0.3 is 14.2 Å². The van der Waals surface area contributed by atoms with E-state index in [9.17, 15) is 14.0 Å². The number of esters is 1. The number of nitrogens with one attached hydrogen (secondary N) is 1. The molecule has 0 saturated heterocycles. The molecule has 36 heavy (non-hydrogen) atoms. The van der Waals surface area contributed by atoms with E-state index in [-0.39, 0.29) is 0 Å². The van der Waals surface area contributed by atoms with E-state index in [0.717, 1.165) is 0 Å². The number of carbonyl (C=O) groups excluding carboxylic acids is 2. The number of rotatable bonds is 6. The molecule has 1 N–H and O–H groups in total. The van der Waals surface area contributed by atoms with Gasteiger partial charge in [0.1, 0.15) is 23.9 Å². The molecule has 12 heteroatoms. The Hall–Kier alpha value is -3.53. The minimum Gasteiger partial charge on any atom is -0.465 e. The second-order valence-electron chi connectivity index (χ2n) is 7.37. The molecule has 4 aromatic rings. The Morgan fingerprint density at radius 2 is 1.75 bits per heavy atom. The van der Waals surface area contributed by atoms with Crippen LogP contribution in [0.4, 0.5) is 14.9 Å². The predicted octanol–water partition coefficient (Wildman–Crippen LogP) is 6.66. The molecule has 1 heterocycles. The molecule has 0 radical (unpaired) electrons. The third-order valence-corrected chi connectivity index (χ3v) is 5.17. The number of fused-ring (bicyclic) bond motifs is 1. The van der Waals surface area contributed by atoms with Gasteiger partial charge in [-0.25, -0.2) is 18.7 Å². The van der Waals surface area contributed by atoms with E-state index in [4.69, 9.17) is 49.0 Å². The van der Waals surface area contributed by atoms with Gasteiger partial charge in [-0.2, -0.15) is 5.10 Å². The lowest BCUT2D eigenvalue weighted by Gasteiger charge is -2.14. The number of methoxy groups -OCH3 is 1. The quantitative estimate of drug-likeness (QED) is 0.212. The van der Waals surface area contributed by atoms with E-state index in [2.05, 4.69) is 10.4 Å². The Morgan fingerprint density at radius 1 is 1.06 bits per heavy atom. The van der Waals surface area contributed by atoms with Crippen LogP contribution in [0.3, 0.4) is 0 Å². The molecule has 0 bridgehead atoms. The number of hydrogen-bond acceptors (Lipinski definition) is 6. The van der Waals surface area contributed by atoms with Crippen LogP contribution in [-0.2, 0) is 9.47 Å². The van der Waals surface area contributed by atoms with Crippen molar-refractivity contribution in [3.05, 3.63) is 78.2 Å². The highest BCUT2D eigenvalue weighted by atomic mass is 35.6. The van der Waals surface area contributed by atoms with Gasteiger partial charge in [-0.05, 0) is 54.6 Å². The first-order valence-corrected chi connectivity index (χ1v) is 11.4. The van der Waals surface area contributed by atoms with E-state index in [0.29, 0.717) is 39.3 Å². The number of hydrogen-bond donors (Lipinski definition) is 1. The summed E-state index contributed by atoms with van der Waals surface area (Å²) in [5, 5.41) is 7.59. The van der Waals surface area contributed by atoms with E-state index in [1.165, 1.54) is 31.4 Å². The van der Waals surface area contributed by atoms with Crippen molar-refractivity contribution in [1.29, 1.82) is 0 Å². The van der Waals surface area contributed by atoms with Crippen molar-refractivity contribution in [2.24, 2.45) is 0 Å². The van der Waals surface area contributed by atoms with Crippen molar-refractivity contribution in [2.75, 3.05) is 19.0 Å². The van der Waals surface area contributed by atoms with Crippen LogP contribution in [-0.4, -0.2) is 39.4 Å². The van der Waals surface area contributed by atoms with E-state index >= 15 is 0 Å². The Labute approximate surface area is 219 Å². The zero-order valence-electron chi connectivity index (χ0n) is 18.5. The van der Waals surface area contributed by atoms with Crippen molar-refractivity contribution in [3.8, 4) is 17.2 Å². The average Bonchev–Trinajstić information content (AvgIpc) is 3.27. The Kier molecular flexibility index (Phi) is 7.53. The monoisotopic (exact) mass is 551 g/mol. The SMILES string of the molecule is COC(=O)c1ccc(-n2ncc3c(Oc4ccc(F)cc4)cc(NC(=O)OCC(Cl)(Cl)Cl)cc32)cc1. The van der Waals surface area contributed by atoms with Gasteiger partial charge >= 0.3 is 12.1 Å². The fraction of sp³-hybridized carbons (Fsp3) is 0.125. The molecular weight excluding hydrogens is 536 g/mol. The number of nitrogens with zero attached hydrogens (tertiary/aromatic N) is 2. The molecule has 0 atom stereocenters. The zero-order chi connectivity index (χ0) is 25.9.